The molecule has 1 saturated heterocycles. The minimum atomic E-state index is 0.553. The summed E-state index contributed by atoms with van der Waals surface area (Å²) in [5.41, 5.74) is 1.29. The molecule has 0 spiro atoms. The fraction of sp³-hybridized carbons (Fsp3) is 0.538. The maximum atomic E-state index is 5.99. The van der Waals surface area contributed by atoms with Crippen molar-refractivity contribution < 1.29 is 4.74 Å². The van der Waals surface area contributed by atoms with Gasteiger partial charge in [-0.3, -0.25) is 0 Å². The van der Waals surface area contributed by atoms with Gasteiger partial charge in [0.15, 0.2) is 0 Å². The normalized spacial score (nSPS) is 25.6. The molecule has 2 rings (SSSR count). The van der Waals surface area contributed by atoms with Crippen molar-refractivity contribution in [1.29, 1.82) is 0 Å². The third-order valence-electron chi connectivity index (χ3n) is 3.23. The predicted molar refractivity (Wildman–Crippen MR) is 66.9 cm³/mol. The quantitative estimate of drug-likeness (QED) is 0.875. The summed E-state index contributed by atoms with van der Waals surface area (Å²) in [6, 6.07) is 8.66. The molecule has 1 aliphatic rings. The van der Waals surface area contributed by atoms with Crippen molar-refractivity contribution in [2.75, 3.05) is 20.3 Å². The van der Waals surface area contributed by atoms with E-state index in [0.717, 1.165) is 31.1 Å². The minimum absolute atomic E-state index is 0.553. The summed E-state index contributed by atoms with van der Waals surface area (Å²) in [4.78, 5) is 0. The van der Waals surface area contributed by atoms with Crippen LogP contribution in [0.3, 0.4) is 0 Å². The molecule has 0 bridgehead atoms. The zero-order chi connectivity index (χ0) is 11.4. The van der Waals surface area contributed by atoms with Crippen LogP contribution in [0.25, 0.3) is 0 Å². The van der Waals surface area contributed by atoms with E-state index in [2.05, 4.69) is 11.4 Å². The summed E-state index contributed by atoms with van der Waals surface area (Å²) in [5, 5.41) is 4.19. The Hall–Kier alpha value is -0.570. The predicted octanol–water partition coefficient (Wildman–Crippen LogP) is 2.51. The maximum Gasteiger partial charge on any atom is 0.0512 e. The lowest BCUT2D eigenvalue weighted by molar-refractivity contribution is 0.0342. The van der Waals surface area contributed by atoms with Crippen LogP contribution in [0.5, 0.6) is 0 Å². The summed E-state index contributed by atoms with van der Waals surface area (Å²) >= 11 is 5.99. The highest BCUT2D eigenvalue weighted by atomic mass is 35.5. The molecular weight excluding hydrogens is 222 g/mol. The average Bonchev–Trinajstić information content (AvgIpc) is 2.30. The van der Waals surface area contributed by atoms with E-state index >= 15 is 0 Å². The van der Waals surface area contributed by atoms with Crippen LogP contribution < -0.4 is 5.32 Å². The summed E-state index contributed by atoms with van der Waals surface area (Å²) < 4.78 is 5.54. The first kappa shape index (κ1) is 11.9. The lowest BCUT2D eigenvalue weighted by atomic mass is 9.89. The second kappa shape index (κ2) is 5.67. The SMILES string of the molecule is CN[C@H]1CCOC[C@@H]1Cc1cccc(Cl)c1. The fourth-order valence-electron chi connectivity index (χ4n) is 2.34. The molecule has 1 aromatic rings. The lowest BCUT2D eigenvalue weighted by Gasteiger charge is -2.31. The molecule has 1 fully saturated rings. The highest BCUT2D eigenvalue weighted by Crippen LogP contribution is 2.21. The molecule has 2 nitrogen and oxygen atoms in total. The molecule has 2 atom stereocenters. The van der Waals surface area contributed by atoms with Crippen molar-refractivity contribution in [3.05, 3.63) is 34.9 Å². The number of rotatable bonds is 3. The molecule has 1 aromatic carbocycles. The maximum absolute atomic E-state index is 5.99. The third kappa shape index (κ3) is 2.97. The van der Waals surface area contributed by atoms with Crippen molar-refractivity contribution in [2.24, 2.45) is 5.92 Å². The summed E-state index contributed by atoms with van der Waals surface area (Å²) in [7, 11) is 2.03. The summed E-state index contributed by atoms with van der Waals surface area (Å²) in [6.07, 6.45) is 2.13. The molecule has 1 N–H and O–H groups in total. The molecule has 3 heteroatoms. The first-order valence-electron chi connectivity index (χ1n) is 5.79. The average molecular weight is 240 g/mol. The topological polar surface area (TPSA) is 21.3 Å². The van der Waals surface area contributed by atoms with Crippen LogP contribution in [0, 0.1) is 5.92 Å². The van der Waals surface area contributed by atoms with Gasteiger partial charge in [-0.2, -0.15) is 0 Å². The smallest absolute Gasteiger partial charge is 0.0512 e. The van der Waals surface area contributed by atoms with Crippen molar-refractivity contribution in [2.45, 2.75) is 18.9 Å². The van der Waals surface area contributed by atoms with Crippen LogP contribution in [0.4, 0.5) is 0 Å². The highest BCUT2D eigenvalue weighted by Gasteiger charge is 2.24. The first-order valence-corrected chi connectivity index (χ1v) is 6.17. The van der Waals surface area contributed by atoms with Crippen LogP contribution in [-0.4, -0.2) is 26.3 Å². The zero-order valence-electron chi connectivity index (χ0n) is 9.58. The Morgan fingerprint density at radius 3 is 3.12 bits per heavy atom. The Morgan fingerprint density at radius 2 is 2.38 bits per heavy atom. The van der Waals surface area contributed by atoms with Crippen molar-refractivity contribution in [3.8, 4) is 0 Å². The van der Waals surface area contributed by atoms with Crippen LogP contribution in [0.2, 0.25) is 5.02 Å². The van der Waals surface area contributed by atoms with Gasteiger partial charge in [-0.25, -0.2) is 0 Å². The molecule has 0 amide bonds. The molecule has 1 heterocycles. The Labute approximate surface area is 102 Å². The molecule has 16 heavy (non-hydrogen) atoms. The van der Waals surface area contributed by atoms with Crippen LogP contribution in [0.15, 0.2) is 24.3 Å². The van der Waals surface area contributed by atoms with Crippen LogP contribution in [0.1, 0.15) is 12.0 Å². The second-order valence-electron chi connectivity index (χ2n) is 4.35. The van der Waals surface area contributed by atoms with E-state index in [1.54, 1.807) is 0 Å². The Bertz CT molecular complexity index is 342. The van der Waals surface area contributed by atoms with Crippen molar-refractivity contribution >= 4 is 11.6 Å². The largest absolute Gasteiger partial charge is 0.381 e. The number of ether oxygens (including phenoxy) is 1. The molecule has 88 valence electrons. The minimum Gasteiger partial charge on any atom is -0.381 e. The molecule has 0 saturated carbocycles. The van der Waals surface area contributed by atoms with Crippen molar-refractivity contribution in [1.82, 2.24) is 5.32 Å². The van der Waals surface area contributed by atoms with Gasteiger partial charge in [-0.1, -0.05) is 23.7 Å². The van der Waals surface area contributed by atoms with E-state index in [1.807, 2.05) is 25.2 Å². The standard InChI is InChI=1S/C13H18ClNO/c1-15-13-5-6-16-9-11(13)7-10-3-2-4-12(14)8-10/h2-4,8,11,13,15H,5-7,9H2,1H3/t11-,13-/m0/s1. The van der Waals surface area contributed by atoms with E-state index < -0.39 is 0 Å². The third-order valence-corrected chi connectivity index (χ3v) is 3.47. The van der Waals surface area contributed by atoms with Gasteiger partial charge < -0.3 is 10.1 Å². The van der Waals surface area contributed by atoms with Gasteiger partial charge in [0.25, 0.3) is 0 Å². The Kier molecular flexibility index (Phi) is 4.22. The number of benzene rings is 1. The van der Waals surface area contributed by atoms with E-state index in [-0.39, 0.29) is 0 Å². The first-order chi connectivity index (χ1) is 7.79. The number of halogens is 1. The summed E-state index contributed by atoms with van der Waals surface area (Å²) in [6.45, 7) is 1.72. The molecule has 0 aromatic heterocycles. The molecular formula is C13H18ClNO. The summed E-state index contributed by atoms with van der Waals surface area (Å²) in [5.74, 6) is 0.553. The van der Waals surface area contributed by atoms with E-state index in [0.29, 0.717) is 12.0 Å². The Balaban J connectivity index is 2.02. The highest BCUT2D eigenvalue weighted by molar-refractivity contribution is 6.30. The van der Waals surface area contributed by atoms with Gasteiger partial charge in [0.05, 0.1) is 6.61 Å². The number of hydrogen-bond donors (Lipinski definition) is 1. The van der Waals surface area contributed by atoms with Gasteiger partial charge in [-0.15, -0.1) is 0 Å². The number of hydrogen-bond acceptors (Lipinski definition) is 2. The van der Waals surface area contributed by atoms with Crippen molar-refractivity contribution in [3.63, 3.8) is 0 Å². The van der Waals surface area contributed by atoms with Gasteiger partial charge >= 0.3 is 0 Å². The second-order valence-corrected chi connectivity index (χ2v) is 4.79. The fourth-order valence-corrected chi connectivity index (χ4v) is 2.56. The van der Waals surface area contributed by atoms with Gasteiger partial charge in [0.1, 0.15) is 0 Å². The van der Waals surface area contributed by atoms with Crippen LogP contribution >= 0.6 is 11.6 Å². The van der Waals surface area contributed by atoms with E-state index in [4.69, 9.17) is 16.3 Å². The lowest BCUT2D eigenvalue weighted by Crippen LogP contribution is -2.41. The van der Waals surface area contributed by atoms with Gasteiger partial charge in [0, 0.05) is 23.6 Å². The van der Waals surface area contributed by atoms with Gasteiger partial charge in [-0.05, 0) is 37.6 Å². The van der Waals surface area contributed by atoms with E-state index in [9.17, 15) is 0 Å². The molecule has 0 aliphatic carbocycles. The van der Waals surface area contributed by atoms with Crippen LogP contribution in [-0.2, 0) is 11.2 Å². The van der Waals surface area contributed by atoms with E-state index in [1.165, 1.54) is 5.56 Å². The Morgan fingerprint density at radius 1 is 1.50 bits per heavy atom. The monoisotopic (exact) mass is 239 g/mol. The zero-order valence-corrected chi connectivity index (χ0v) is 10.3. The molecule has 1 aliphatic heterocycles. The molecule has 0 unspecified atom stereocenters. The van der Waals surface area contributed by atoms with Gasteiger partial charge in [0.2, 0.25) is 0 Å². The molecule has 0 radical (unpaired) electrons. The number of nitrogens with one attached hydrogen (secondary N) is 1.